The summed E-state index contributed by atoms with van der Waals surface area (Å²) >= 11 is 0. The summed E-state index contributed by atoms with van der Waals surface area (Å²) in [5.41, 5.74) is 0.756. The maximum absolute atomic E-state index is 13.0. The van der Waals surface area contributed by atoms with Gasteiger partial charge in [0.25, 0.3) is 0 Å². The van der Waals surface area contributed by atoms with Gasteiger partial charge in [-0.3, -0.25) is 4.79 Å². The molecule has 0 N–H and O–H groups in total. The molecule has 0 bridgehead atoms. The summed E-state index contributed by atoms with van der Waals surface area (Å²) in [5.74, 6) is -0.513. The molecule has 3 rings (SSSR count). The van der Waals surface area contributed by atoms with E-state index in [9.17, 15) is 9.59 Å². The van der Waals surface area contributed by atoms with Crippen molar-refractivity contribution in [2.45, 2.75) is 58.0 Å². The number of fused-ring (bicyclic) bond motifs is 1. The molecule has 7 heteroatoms. The van der Waals surface area contributed by atoms with Crippen LogP contribution in [0, 0.1) is 0 Å². The van der Waals surface area contributed by atoms with E-state index in [2.05, 4.69) is 33.9 Å². The maximum Gasteiger partial charge on any atom is 0.343 e. The molecule has 0 amide bonds. The Balaban J connectivity index is 1.93. The second-order valence-corrected chi connectivity index (χ2v) is 14.5. The largest absolute Gasteiger partial charge is 0.488 e. The highest BCUT2D eigenvalue weighted by Gasteiger charge is 2.50. The fourth-order valence-electron chi connectivity index (χ4n) is 3.25. The van der Waals surface area contributed by atoms with E-state index in [-0.39, 0.29) is 18.3 Å². The zero-order chi connectivity index (χ0) is 23.6. The molecule has 32 heavy (non-hydrogen) atoms. The zero-order valence-electron chi connectivity index (χ0n) is 19.7. The van der Waals surface area contributed by atoms with Gasteiger partial charge in [0.2, 0.25) is 0 Å². The fraction of sp³-hybridized carbons (Fsp3) is 0.440. The molecule has 0 spiro atoms. The van der Waals surface area contributed by atoms with Crippen LogP contribution in [0.2, 0.25) is 18.1 Å². The van der Waals surface area contributed by atoms with Crippen molar-refractivity contribution in [1.29, 1.82) is 0 Å². The van der Waals surface area contributed by atoms with Gasteiger partial charge < -0.3 is 18.6 Å². The van der Waals surface area contributed by atoms with E-state index >= 15 is 0 Å². The topological polar surface area (TPSA) is 71.1 Å². The van der Waals surface area contributed by atoms with E-state index in [4.69, 9.17) is 18.6 Å². The van der Waals surface area contributed by atoms with Crippen LogP contribution < -0.4 is 4.74 Å². The van der Waals surface area contributed by atoms with Crippen molar-refractivity contribution in [3.63, 3.8) is 0 Å². The Morgan fingerprint density at radius 3 is 2.34 bits per heavy atom. The number of esters is 2. The van der Waals surface area contributed by atoms with Crippen molar-refractivity contribution in [1.82, 2.24) is 0 Å². The molecule has 2 aromatic carbocycles. The SMILES string of the molecule is CC(=O)OC[C@@]1(CO[Si](C)(C)C(C)(C)C)OC(=O)c2c(OCc3ccccc3)cccc21. The number of rotatable bonds is 8. The summed E-state index contributed by atoms with van der Waals surface area (Å²) in [7, 11) is -2.15. The van der Waals surface area contributed by atoms with Gasteiger partial charge in [0.05, 0.1) is 6.61 Å². The van der Waals surface area contributed by atoms with Crippen LogP contribution >= 0.6 is 0 Å². The van der Waals surface area contributed by atoms with Crippen molar-refractivity contribution >= 4 is 20.3 Å². The quantitative estimate of drug-likeness (QED) is 0.401. The van der Waals surface area contributed by atoms with E-state index in [0.29, 0.717) is 23.5 Å². The predicted octanol–water partition coefficient (Wildman–Crippen LogP) is 5.22. The first-order valence-electron chi connectivity index (χ1n) is 10.8. The molecule has 2 aromatic rings. The first kappa shape index (κ1) is 24.0. The summed E-state index contributed by atoms with van der Waals surface area (Å²) in [6.45, 7) is 12.3. The second-order valence-electron chi connectivity index (χ2n) is 9.67. The molecule has 0 fully saturated rings. The van der Waals surface area contributed by atoms with Crippen LogP contribution in [0.4, 0.5) is 0 Å². The number of hydrogen-bond donors (Lipinski definition) is 0. The minimum Gasteiger partial charge on any atom is -0.488 e. The van der Waals surface area contributed by atoms with Gasteiger partial charge >= 0.3 is 11.9 Å². The van der Waals surface area contributed by atoms with E-state index < -0.39 is 25.9 Å². The summed E-state index contributed by atoms with van der Waals surface area (Å²) in [4.78, 5) is 24.6. The van der Waals surface area contributed by atoms with Crippen molar-refractivity contribution < 1.29 is 28.2 Å². The molecule has 0 aromatic heterocycles. The number of benzene rings is 2. The standard InChI is InChI=1S/C25H32O6Si/c1-18(26)29-16-25(17-30-32(5,6)24(2,3)4)20-13-10-14-21(22(20)23(27)31-25)28-15-19-11-8-7-9-12-19/h7-14H,15-17H2,1-6H3/t25-/m0/s1. The average Bonchev–Trinajstić information content (AvgIpc) is 3.02. The lowest BCUT2D eigenvalue weighted by Crippen LogP contribution is -2.47. The third-order valence-electron chi connectivity index (χ3n) is 6.23. The Labute approximate surface area is 191 Å². The Bertz CT molecular complexity index is 980. The molecule has 0 saturated heterocycles. The molecular weight excluding hydrogens is 424 g/mol. The molecule has 1 aliphatic heterocycles. The number of ether oxygens (including phenoxy) is 3. The lowest BCUT2D eigenvalue weighted by atomic mass is 9.93. The lowest BCUT2D eigenvalue weighted by molar-refractivity contribution is -0.151. The van der Waals surface area contributed by atoms with Gasteiger partial charge in [-0.15, -0.1) is 0 Å². The van der Waals surface area contributed by atoms with E-state index in [0.717, 1.165) is 5.56 Å². The fourth-order valence-corrected chi connectivity index (χ4v) is 4.28. The van der Waals surface area contributed by atoms with E-state index in [1.807, 2.05) is 42.5 Å². The summed E-state index contributed by atoms with van der Waals surface area (Å²) in [6.07, 6.45) is 0. The van der Waals surface area contributed by atoms with Crippen molar-refractivity contribution in [3.05, 3.63) is 65.2 Å². The van der Waals surface area contributed by atoms with Crippen LogP contribution in [0.5, 0.6) is 5.75 Å². The average molecular weight is 457 g/mol. The molecule has 6 nitrogen and oxygen atoms in total. The van der Waals surface area contributed by atoms with E-state index in [1.54, 1.807) is 6.07 Å². The van der Waals surface area contributed by atoms with Gasteiger partial charge in [-0.1, -0.05) is 63.2 Å². The third-order valence-corrected chi connectivity index (χ3v) is 10.7. The van der Waals surface area contributed by atoms with Gasteiger partial charge in [-0.2, -0.15) is 0 Å². The molecular formula is C25H32O6Si. The van der Waals surface area contributed by atoms with Crippen molar-refractivity contribution in [2.24, 2.45) is 0 Å². The molecule has 1 heterocycles. The predicted molar refractivity (Wildman–Crippen MR) is 124 cm³/mol. The van der Waals surface area contributed by atoms with Crippen LogP contribution in [0.1, 0.15) is 49.2 Å². The molecule has 0 unspecified atom stereocenters. The van der Waals surface area contributed by atoms with Crippen molar-refractivity contribution in [2.75, 3.05) is 13.2 Å². The molecule has 0 radical (unpaired) electrons. The minimum atomic E-state index is -2.15. The molecule has 1 aliphatic rings. The molecule has 172 valence electrons. The van der Waals surface area contributed by atoms with Crippen LogP contribution in [-0.2, 0) is 30.9 Å². The smallest absolute Gasteiger partial charge is 0.343 e. The van der Waals surface area contributed by atoms with Crippen LogP contribution in [0.15, 0.2) is 48.5 Å². The lowest BCUT2D eigenvalue weighted by Gasteiger charge is -2.39. The number of carbonyl (C=O) groups is 2. The zero-order valence-corrected chi connectivity index (χ0v) is 20.7. The Kier molecular flexibility index (Phi) is 6.81. The van der Waals surface area contributed by atoms with Gasteiger partial charge in [-0.05, 0) is 29.8 Å². The highest BCUT2D eigenvalue weighted by atomic mass is 28.4. The van der Waals surface area contributed by atoms with Crippen molar-refractivity contribution in [3.8, 4) is 5.75 Å². The second kappa shape index (κ2) is 9.08. The number of hydrogen-bond acceptors (Lipinski definition) is 6. The Hall–Kier alpha value is -2.64. The summed E-state index contributed by atoms with van der Waals surface area (Å²) < 4.78 is 23.6. The Morgan fingerprint density at radius 1 is 1.03 bits per heavy atom. The maximum atomic E-state index is 13.0. The third kappa shape index (κ3) is 5.05. The first-order chi connectivity index (χ1) is 15.0. The minimum absolute atomic E-state index is 0.0261. The van der Waals surface area contributed by atoms with Gasteiger partial charge in [-0.25, -0.2) is 4.79 Å². The highest BCUT2D eigenvalue weighted by molar-refractivity contribution is 6.74. The Morgan fingerprint density at radius 2 is 1.72 bits per heavy atom. The van der Waals surface area contributed by atoms with Gasteiger partial charge in [0, 0.05) is 12.5 Å². The normalized spacial score (nSPS) is 18.1. The summed E-state index contributed by atoms with van der Waals surface area (Å²) in [5, 5.41) is -0.0261. The first-order valence-corrected chi connectivity index (χ1v) is 13.7. The number of cyclic esters (lactones) is 1. The highest BCUT2D eigenvalue weighted by Crippen LogP contribution is 2.44. The molecule has 1 atom stereocenters. The monoisotopic (exact) mass is 456 g/mol. The van der Waals surface area contributed by atoms with Gasteiger partial charge in [0.15, 0.2) is 13.9 Å². The van der Waals surface area contributed by atoms with Crippen LogP contribution in [-0.4, -0.2) is 33.5 Å². The molecule has 0 saturated carbocycles. The number of carbonyl (C=O) groups excluding carboxylic acids is 2. The van der Waals surface area contributed by atoms with Crippen LogP contribution in [0.25, 0.3) is 0 Å². The summed E-state index contributed by atoms with van der Waals surface area (Å²) in [6, 6.07) is 15.1. The van der Waals surface area contributed by atoms with E-state index in [1.165, 1.54) is 6.92 Å². The molecule has 0 aliphatic carbocycles. The van der Waals surface area contributed by atoms with Gasteiger partial charge in [0.1, 0.15) is 24.5 Å². The van der Waals surface area contributed by atoms with Crippen LogP contribution in [0.3, 0.4) is 0 Å².